The van der Waals surface area contributed by atoms with Crippen LogP contribution < -0.4 is 15.4 Å². The number of benzene rings is 2. The summed E-state index contributed by atoms with van der Waals surface area (Å²) in [6.07, 6.45) is 0. The van der Waals surface area contributed by atoms with Crippen LogP contribution in [0.15, 0.2) is 51.9 Å². The summed E-state index contributed by atoms with van der Waals surface area (Å²) in [5, 5.41) is 16.1. The maximum absolute atomic E-state index is 14.1. The van der Waals surface area contributed by atoms with Crippen LogP contribution in [0.5, 0.6) is 5.75 Å². The Balaban J connectivity index is 0.00000320. The van der Waals surface area contributed by atoms with Crippen LogP contribution in [-0.2, 0) is 6.54 Å². The SMILES string of the molecule is CCOc1cccc2cc(C(C)NC(=NC)NCc3ccc(C#N)cc3F)oc12.I. The number of hydrogen-bond donors (Lipinski definition) is 2. The summed E-state index contributed by atoms with van der Waals surface area (Å²) in [6, 6.07) is 13.9. The zero-order chi connectivity index (χ0) is 20.8. The molecule has 30 heavy (non-hydrogen) atoms. The van der Waals surface area contributed by atoms with Crippen molar-refractivity contribution < 1.29 is 13.5 Å². The minimum Gasteiger partial charge on any atom is -0.490 e. The molecular weight excluding hydrogens is 498 g/mol. The van der Waals surface area contributed by atoms with Crippen LogP contribution in [0.4, 0.5) is 4.39 Å². The van der Waals surface area contributed by atoms with Crippen LogP contribution in [0.2, 0.25) is 0 Å². The van der Waals surface area contributed by atoms with Gasteiger partial charge in [0.15, 0.2) is 17.3 Å². The second-order valence-corrected chi connectivity index (χ2v) is 6.47. The van der Waals surface area contributed by atoms with Crippen molar-refractivity contribution in [3.05, 3.63) is 65.2 Å². The maximum Gasteiger partial charge on any atom is 0.191 e. The van der Waals surface area contributed by atoms with Crippen molar-refractivity contribution in [3.8, 4) is 11.8 Å². The highest BCUT2D eigenvalue weighted by molar-refractivity contribution is 14.0. The van der Waals surface area contributed by atoms with E-state index in [0.29, 0.717) is 35.0 Å². The number of nitrogens with one attached hydrogen (secondary N) is 2. The lowest BCUT2D eigenvalue weighted by Gasteiger charge is -2.16. The van der Waals surface area contributed by atoms with E-state index >= 15 is 0 Å². The highest BCUT2D eigenvalue weighted by Gasteiger charge is 2.15. The number of halogens is 2. The quantitative estimate of drug-likeness (QED) is 0.274. The normalized spacial score (nSPS) is 12.0. The number of fused-ring (bicyclic) bond motifs is 1. The Morgan fingerprint density at radius 1 is 1.30 bits per heavy atom. The standard InChI is InChI=1S/C22H23FN4O2.HI/c1-4-28-19-7-5-6-16-11-20(29-21(16)19)14(2)27-22(25-3)26-13-17-9-8-15(12-24)10-18(17)23;/h5-11,14H,4,13H2,1-3H3,(H2,25,26,27);1H. The van der Waals surface area contributed by atoms with E-state index in [9.17, 15) is 4.39 Å². The van der Waals surface area contributed by atoms with Crippen LogP contribution in [-0.4, -0.2) is 19.6 Å². The molecule has 0 spiro atoms. The second kappa shape index (κ2) is 10.8. The predicted molar refractivity (Wildman–Crippen MR) is 126 cm³/mol. The van der Waals surface area contributed by atoms with Gasteiger partial charge in [0.25, 0.3) is 0 Å². The van der Waals surface area contributed by atoms with Gasteiger partial charge < -0.3 is 19.8 Å². The van der Waals surface area contributed by atoms with Gasteiger partial charge in [0.1, 0.15) is 11.6 Å². The van der Waals surface area contributed by atoms with E-state index < -0.39 is 5.82 Å². The first-order valence-electron chi connectivity index (χ1n) is 9.36. The molecule has 3 aromatic rings. The average Bonchev–Trinajstić information content (AvgIpc) is 3.17. The number of nitriles is 1. The van der Waals surface area contributed by atoms with Crippen molar-refractivity contribution in [1.29, 1.82) is 5.26 Å². The van der Waals surface area contributed by atoms with Gasteiger partial charge in [0.05, 0.1) is 24.3 Å². The Bertz CT molecular complexity index is 1070. The molecule has 6 nitrogen and oxygen atoms in total. The third-order valence-corrected chi connectivity index (χ3v) is 4.46. The molecule has 8 heteroatoms. The van der Waals surface area contributed by atoms with Crippen LogP contribution >= 0.6 is 24.0 Å². The van der Waals surface area contributed by atoms with E-state index in [1.54, 1.807) is 19.2 Å². The van der Waals surface area contributed by atoms with Gasteiger partial charge in [-0.15, -0.1) is 24.0 Å². The number of guanidine groups is 1. The van der Waals surface area contributed by atoms with E-state index in [0.717, 1.165) is 11.1 Å². The first-order valence-corrected chi connectivity index (χ1v) is 9.36. The molecule has 158 valence electrons. The molecule has 0 fully saturated rings. The lowest BCUT2D eigenvalue weighted by molar-refractivity contribution is 0.336. The molecule has 0 aliphatic rings. The number of aliphatic imine (C=N–C) groups is 1. The third-order valence-electron chi connectivity index (χ3n) is 4.46. The molecule has 0 saturated heterocycles. The van der Waals surface area contributed by atoms with Gasteiger partial charge >= 0.3 is 0 Å². The average molecular weight is 522 g/mol. The number of nitrogens with zero attached hydrogens (tertiary/aromatic N) is 2. The summed E-state index contributed by atoms with van der Waals surface area (Å²) in [6.45, 7) is 4.68. The van der Waals surface area contributed by atoms with Gasteiger partial charge in [-0.25, -0.2) is 4.39 Å². The molecule has 1 aromatic heterocycles. The van der Waals surface area contributed by atoms with Gasteiger partial charge in [-0.1, -0.05) is 18.2 Å². The molecular formula is C22H24FIN4O2. The molecule has 1 atom stereocenters. The van der Waals surface area contributed by atoms with Crippen LogP contribution in [0, 0.1) is 17.1 Å². The molecule has 0 amide bonds. The topological polar surface area (TPSA) is 82.6 Å². The fourth-order valence-electron chi connectivity index (χ4n) is 2.95. The molecule has 0 aliphatic carbocycles. The second-order valence-electron chi connectivity index (χ2n) is 6.47. The fraction of sp³-hybridized carbons (Fsp3) is 0.273. The lowest BCUT2D eigenvalue weighted by Crippen LogP contribution is -2.38. The predicted octanol–water partition coefficient (Wildman–Crippen LogP) is 4.89. The minimum absolute atomic E-state index is 0. The van der Waals surface area contributed by atoms with E-state index in [-0.39, 0.29) is 36.6 Å². The summed E-state index contributed by atoms with van der Waals surface area (Å²) in [4.78, 5) is 4.19. The first-order chi connectivity index (χ1) is 14.0. The zero-order valence-electron chi connectivity index (χ0n) is 17.0. The number of furan rings is 1. The first kappa shape index (κ1) is 23.5. The summed E-state index contributed by atoms with van der Waals surface area (Å²) in [5.74, 6) is 1.52. The molecule has 0 saturated carbocycles. The number of hydrogen-bond acceptors (Lipinski definition) is 4. The van der Waals surface area contributed by atoms with Crippen molar-refractivity contribution in [2.24, 2.45) is 4.99 Å². The van der Waals surface area contributed by atoms with Crippen LogP contribution in [0.25, 0.3) is 11.0 Å². The Hall–Kier alpha value is -2.80. The van der Waals surface area contributed by atoms with Crippen LogP contribution in [0.3, 0.4) is 0 Å². The van der Waals surface area contributed by atoms with E-state index in [2.05, 4.69) is 15.6 Å². The molecule has 1 heterocycles. The maximum atomic E-state index is 14.1. The van der Waals surface area contributed by atoms with E-state index in [1.165, 1.54) is 6.07 Å². The highest BCUT2D eigenvalue weighted by atomic mass is 127. The van der Waals surface area contributed by atoms with E-state index in [1.807, 2.05) is 44.2 Å². The molecule has 2 aromatic carbocycles. The molecule has 2 N–H and O–H groups in total. The molecule has 1 unspecified atom stereocenters. The Labute approximate surface area is 192 Å². The minimum atomic E-state index is -0.430. The van der Waals surface area contributed by atoms with Crippen molar-refractivity contribution in [3.63, 3.8) is 0 Å². The van der Waals surface area contributed by atoms with Crippen molar-refractivity contribution in [2.75, 3.05) is 13.7 Å². The fourth-order valence-corrected chi connectivity index (χ4v) is 2.95. The number of ether oxygens (including phenoxy) is 1. The lowest BCUT2D eigenvalue weighted by atomic mass is 10.1. The van der Waals surface area contributed by atoms with E-state index in [4.69, 9.17) is 14.4 Å². The van der Waals surface area contributed by atoms with Gasteiger partial charge in [-0.05, 0) is 38.1 Å². The largest absolute Gasteiger partial charge is 0.490 e. The molecule has 0 bridgehead atoms. The van der Waals surface area contributed by atoms with Crippen molar-refractivity contribution in [2.45, 2.75) is 26.4 Å². The Kier molecular flexibility index (Phi) is 8.47. The van der Waals surface area contributed by atoms with Gasteiger partial charge in [0, 0.05) is 24.5 Å². The van der Waals surface area contributed by atoms with Gasteiger partial charge in [-0.2, -0.15) is 5.26 Å². The molecule has 0 aliphatic heterocycles. The monoisotopic (exact) mass is 522 g/mol. The summed E-state index contributed by atoms with van der Waals surface area (Å²) < 4.78 is 25.7. The summed E-state index contributed by atoms with van der Waals surface area (Å²) in [7, 11) is 1.64. The van der Waals surface area contributed by atoms with Gasteiger partial charge in [-0.3, -0.25) is 4.99 Å². The summed E-state index contributed by atoms with van der Waals surface area (Å²) >= 11 is 0. The smallest absolute Gasteiger partial charge is 0.191 e. The number of rotatable bonds is 6. The number of para-hydroxylation sites is 1. The Morgan fingerprint density at radius 3 is 2.77 bits per heavy atom. The molecule has 0 radical (unpaired) electrons. The summed E-state index contributed by atoms with van der Waals surface area (Å²) in [5.41, 5.74) is 1.45. The highest BCUT2D eigenvalue weighted by Crippen LogP contribution is 2.31. The third kappa shape index (κ3) is 5.42. The zero-order valence-corrected chi connectivity index (χ0v) is 19.4. The molecule has 3 rings (SSSR count). The van der Waals surface area contributed by atoms with Crippen molar-refractivity contribution >= 4 is 40.9 Å². The van der Waals surface area contributed by atoms with Gasteiger partial charge in [0.2, 0.25) is 0 Å². The Morgan fingerprint density at radius 2 is 2.10 bits per heavy atom. The van der Waals surface area contributed by atoms with Crippen LogP contribution in [0.1, 0.15) is 36.8 Å². The van der Waals surface area contributed by atoms with Crippen molar-refractivity contribution in [1.82, 2.24) is 10.6 Å².